The van der Waals surface area contributed by atoms with E-state index in [-0.39, 0.29) is 11.6 Å². The van der Waals surface area contributed by atoms with Crippen LogP contribution in [0.15, 0.2) is 40.2 Å². The van der Waals surface area contributed by atoms with E-state index >= 15 is 0 Å². The van der Waals surface area contributed by atoms with Gasteiger partial charge in [-0.3, -0.25) is 9.98 Å². The van der Waals surface area contributed by atoms with Crippen LogP contribution < -0.4 is 21.7 Å². The Kier molecular flexibility index (Phi) is 4.58. The van der Waals surface area contributed by atoms with E-state index in [2.05, 4.69) is 52.4 Å². The summed E-state index contributed by atoms with van der Waals surface area (Å²) in [5.41, 5.74) is 4.72. The van der Waals surface area contributed by atoms with Crippen molar-refractivity contribution >= 4 is 17.5 Å². The van der Waals surface area contributed by atoms with Crippen LogP contribution in [0.25, 0.3) is 11.7 Å². The van der Waals surface area contributed by atoms with Gasteiger partial charge < -0.3 is 15.4 Å². The summed E-state index contributed by atoms with van der Waals surface area (Å²) in [6, 6.07) is 8.67. The normalized spacial score (nSPS) is 15.2. The molecule has 4 N–H and O–H groups in total. The molecule has 0 saturated heterocycles. The van der Waals surface area contributed by atoms with Gasteiger partial charge in [-0.2, -0.15) is 9.61 Å². The van der Waals surface area contributed by atoms with Crippen LogP contribution >= 0.6 is 0 Å². The van der Waals surface area contributed by atoms with E-state index in [9.17, 15) is 9.90 Å². The fourth-order valence-electron chi connectivity index (χ4n) is 3.65. The molecule has 158 valence electrons. The van der Waals surface area contributed by atoms with Gasteiger partial charge in [0.15, 0.2) is 11.1 Å². The molecule has 1 aliphatic rings. The van der Waals surface area contributed by atoms with Gasteiger partial charge in [0.2, 0.25) is 5.88 Å². The highest BCUT2D eigenvalue weighted by molar-refractivity contribution is 5.58. The number of nitrogens with one attached hydrogen (secondary N) is 3. The lowest BCUT2D eigenvalue weighted by Gasteiger charge is -2.08. The Labute approximate surface area is 177 Å². The summed E-state index contributed by atoms with van der Waals surface area (Å²) < 4.78 is 1.69. The molecule has 3 aromatic heterocycles. The van der Waals surface area contributed by atoms with Crippen LogP contribution in [-0.2, 0) is 6.54 Å². The Hall–Kier alpha value is -3.88. The van der Waals surface area contributed by atoms with Crippen LogP contribution in [0, 0.1) is 13.8 Å². The van der Waals surface area contributed by atoms with Crippen molar-refractivity contribution in [3.63, 3.8) is 0 Å². The Morgan fingerprint density at radius 2 is 2.00 bits per heavy atom. The van der Waals surface area contributed by atoms with Crippen molar-refractivity contribution in [2.45, 2.75) is 39.3 Å². The summed E-state index contributed by atoms with van der Waals surface area (Å²) in [5.74, 6) is 0.462. The third kappa shape index (κ3) is 4.07. The van der Waals surface area contributed by atoms with Crippen LogP contribution in [0.5, 0.6) is 5.88 Å². The number of hydrogen-bond donors (Lipinski definition) is 4. The molecule has 5 rings (SSSR count). The fraction of sp³-hybridized carbons (Fsp3) is 0.273. The molecule has 1 saturated carbocycles. The summed E-state index contributed by atoms with van der Waals surface area (Å²) in [6.45, 7) is 4.80. The monoisotopic (exact) mass is 417 g/mol. The molecule has 4 aromatic rings. The second-order valence-electron chi connectivity index (χ2n) is 8.03. The van der Waals surface area contributed by atoms with Gasteiger partial charge in [0.25, 0.3) is 0 Å². The lowest BCUT2D eigenvalue weighted by molar-refractivity contribution is 0.454. The van der Waals surface area contributed by atoms with Gasteiger partial charge >= 0.3 is 5.69 Å². The van der Waals surface area contributed by atoms with Gasteiger partial charge in [0, 0.05) is 17.8 Å². The van der Waals surface area contributed by atoms with Gasteiger partial charge in [0.1, 0.15) is 11.5 Å². The number of benzene rings is 1. The van der Waals surface area contributed by atoms with Crippen molar-refractivity contribution in [2.75, 3.05) is 5.32 Å². The first-order valence-corrected chi connectivity index (χ1v) is 10.2. The van der Waals surface area contributed by atoms with Crippen LogP contribution in [0.2, 0.25) is 0 Å². The molecular weight excluding hydrogens is 394 g/mol. The molecule has 0 unspecified atom stereocenters. The van der Waals surface area contributed by atoms with E-state index in [0.717, 1.165) is 18.3 Å². The highest BCUT2D eigenvalue weighted by atomic mass is 16.3. The van der Waals surface area contributed by atoms with E-state index in [1.807, 2.05) is 6.07 Å². The lowest BCUT2D eigenvalue weighted by atomic mass is 10.1. The first kappa shape index (κ1) is 19.1. The number of H-pyrrole nitrogens is 2. The van der Waals surface area contributed by atoms with Crippen molar-refractivity contribution in [1.29, 1.82) is 0 Å². The highest BCUT2D eigenvalue weighted by Crippen LogP contribution is 2.22. The lowest BCUT2D eigenvalue weighted by Crippen LogP contribution is -2.20. The van der Waals surface area contributed by atoms with Crippen molar-refractivity contribution in [1.82, 2.24) is 24.6 Å². The molecule has 0 amide bonds. The number of aromatic hydroxyl groups is 1. The van der Waals surface area contributed by atoms with Gasteiger partial charge in [0.05, 0.1) is 12.2 Å². The first-order valence-electron chi connectivity index (χ1n) is 10.2. The molecule has 0 bridgehead atoms. The number of nitrogens with zero attached hydrogens (tertiary/aromatic N) is 4. The zero-order valence-corrected chi connectivity index (χ0v) is 17.3. The van der Waals surface area contributed by atoms with Crippen LogP contribution in [-0.4, -0.2) is 35.7 Å². The molecule has 31 heavy (non-hydrogen) atoms. The summed E-state index contributed by atoms with van der Waals surface area (Å²) in [5, 5.41) is 18.4. The molecule has 1 aliphatic carbocycles. The van der Waals surface area contributed by atoms with Crippen molar-refractivity contribution < 1.29 is 5.11 Å². The number of imidazole rings is 1. The molecule has 0 spiro atoms. The van der Waals surface area contributed by atoms with Gasteiger partial charge in [-0.25, -0.2) is 9.78 Å². The van der Waals surface area contributed by atoms with E-state index in [4.69, 9.17) is 9.98 Å². The molecule has 3 heterocycles. The molecule has 1 fully saturated rings. The molecule has 9 heteroatoms. The minimum atomic E-state index is -0.478. The molecule has 9 nitrogen and oxygen atoms in total. The molecule has 0 atom stereocenters. The SMILES string of the molecule is Cc1cc(C)cc(CNc2cc(=NC3CC3)n3nc/c(=C/c4[nH]c(=O)[nH]c4O)c3n2)c1. The molecule has 0 radical (unpaired) electrons. The number of aromatic amines is 2. The number of anilines is 1. The fourth-order valence-corrected chi connectivity index (χ4v) is 3.65. The van der Waals surface area contributed by atoms with Crippen LogP contribution in [0.3, 0.4) is 0 Å². The average molecular weight is 417 g/mol. The maximum Gasteiger partial charge on any atom is 0.326 e. The molecule has 0 aliphatic heterocycles. The standard InChI is InChI=1S/C22H23N7O2/c1-12-5-13(2)7-14(6-12)10-23-18-9-19(25-16-3-4-16)29-20(27-18)15(11-24-29)8-17-21(30)28-22(31)26-17/h5-9,11,16,23,30H,3-4,10H2,1-2H3,(H2,26,28,31)/b15-8-,25-19?. The van der Waals surface area contributed by atoms with E-state index in [1.54, 1.807) is 16.8 Å². The first-order chi connectivity index (χ1) is 14.9. The van der Waals surface area contributed by atoms with E-state index < -0.39 is 5.69 Å². The third-order valence-electron chi connectivity index (χ3n) is 5.13. The number of rotatable bonds is 5. The zero-order valence-electron chi connectivity index (χ0n) is 17.3. The van der Waals surface area contributed by atoms with Crippen molar-refractivity contribution in [2.24, 2.45) is 4.99 Å². The second-order valence-corrected chi connectivity index (χ2v) is 8.03. The van der Waals surface area contributed by atoms with Crippen molar-refractivity contribution in [3.8, 4) is 5.88 Å². The maximum absolute atomic E-state index is 11.5. The van der Waals surface area contributed by atoms with Gasteiger partial charge in [-0.1, -0.05) is 29.3 Å². The minimum absolute atomic E-state index is 0.226. The number of aryl methyl sites for hydroxylation is 2. The Bertz CT molecular complexity index is 1440. The summed E-state index contributed by atoms with van der Waals surface area (Å²) in [6.07, 6.45) is 5.44. The second kappa shape index (κ2) is 7.42. The van der Waals surface area contributed by atoms with Crippen LogP contribution in [0.4, 0.5) is 5.82 Å². The largest absolute Gasteiger partial charge is 0.493 e. The number of aromatic nitrogens is 5. The van der Waals surface area contributed by atoms with E-state index in [1.165, 1.54) is 16.7 Å². The van der Waals surface area contributed by atoms with Gasteiger partial charge in [-0.15, -0.1) is 0 Å². The predicted molar refractivity (Wildman–Crippen MR) is 117 cm³/mol. The van der Waals surface area contributed by atoms with E-state index in [0.29, 0.717) is 29.3 Å². The number of fused-ring (bicyclic) bond motifs is 1. The number of hydrogen-bond acceptors (Lipinski definition) is 6. The Morgan fingerprint density at radius 3 is 2.68 bits per heavy atom. The van der Waals surface area contributed by atoms with Crippen LogP contribution in [0.1, 0.15) is 35.2 Å². The summed E-state index contributed by atoms with van der Waals surface area (Å²) in [4.78, 5) is 25.8. The maximum atomic E-state index is 11.5. The highest BCUT2D eigenvalue weighted by Gasteiger charge is 2.20. The minimum Gasteiger partial charge on any atom is -0.493 e. The topological polar surface area (TPSA) is 123 Å². The molecule has 1 aromatic carbocycles. The zero-order chi connectivity index (χ0) is 21.5. The smallest absolute Gasteiger partial charge is 0.326 e. The quantitative estimate of drug-likeness (QED) is 0.390. The Morgan fingerprint density at radius 1 is 1.23 bits per heavy atom. The third-order valence-corrected chi connectivity index (χ3v) is 5.13. The predicted octanol–water partition coefficient (Wildman–Crippen LogP) is 1.29. The molecular formula is C22H23N7O2. The van der Waals surface area contributed by atoms with Gasteiger partial charge in [-0.05, 0) is 38.3 Å². The van der Waals surface area contributed by atoms with Crippen molar-refractivity contribution in [3.05, 3.63) is 74.0 Å². The summed E-state index contributed by atoms with van der Waals surface area (Å²) in [7, 11) is 0. The summed E-state index contributed by atoms with van der Waals surface area (Å²) >= 11 is 0. The average Bonchev–Trinajstić information content (AvgIpc) is 3.34. The Balaban J connectivity index is 1.58.